The number of nitrogens with zero attached hydrogens (tertiary/aromatic N) is 2. The van der Waals surface area contributed by atoms with Crippen molar-refractivity contribution in [2.45, 2.75) is 23.4 Å². The van der Waals surface area contributed by atoms with E-state index in [0.29, 0.717) is 17.0 Å². The van der Waals surface area contributed by atoms with Gasteiger partial charge >= 0.3 is 5.63 Å². The van der Waals surface area contributed by atoms with Crippen LogP contribution in [0.2, 0.25) is 0 Å². The maximum Gasteiger partial charge on any atom is 0.336 e. The second kappa shape index (κ2) is 9.41. The predicted molar refractivity (Wildman–Crippen MR) is 123 cm³/mol. The number of thioether (sulfide) groups is 1. The van der Waals surface area contributed by atoms with Crippen LogP contribution >= 0.6 is 34.4 Å². The molecule has 0 aliphatic rings. The highest BCUT2D eigenvalue weighted by atomic mass is 32.2. The third-order valence-electron chi connectivity index (χ3n) is 4.14. The molecule has 3 heterocycles. The van der Waals surface area contributed by atoms with E-state index in [4.69, 9.17) is 4.42 Å². The third-order valence-corrected chi connectivity index (χ3v) is 7.14. The summed E-state index contributed by atoms with van der Waals surface area (Å²) in [4.78, 5) is 24.5. The van der Waals surface area contributed by atoms with Gasteiger partial charge in [0, 0.05) is 47.3 Å². The maximum atomic E-state index is 12.0. The minimum atomic E-state index is -0.425. The Balaban J connectivity index is 1.41. The first kappa shape index (κ1) is 20.6. The number of rotatable bonds is 8. The van der Waals surface area contributed by atoms with Crippen LogP contribution in [0, 0.1) is 0 Å². The number of fused-ring (bicyclic) bond motifs is 1. The summed E-state index contributed by atoms with van der Waals surface area (Å²) >= 11 is 4.76. The Morgan fingerprint density at radius 3 is 2.93 bits per heavy atom. The lowest BCUT2D eigenvalue weighted by Gasteiger charge is -2.06. The van der Waals surface area contributed by atoms with Gasteiger partial charge in [0.2, 0.25) is 11.0 Å². The standard InChI is InChI=1S/C20H18N4O3S3/c1-12(25)22-14-4-5-16-13(9-18(26)27-17(16)10-14)11-29-20-24-23-19(30-20)21-7-6-15-3-2-8-28-15/h2-5,8-10H,6-7,11H2,1H3,(H,21,23)(H,22,25). The van der Waals surface area contributed by atoms with Gasteiger partial charge in [-0.25, -0.2) is 4.79 Å². The molecule has 1 amide bonds. The van der Waals surface area contributed by atoms with Crippen LogP contribution in [0.1, 0.15) is 17.4 Å². The molecule has 4 rings (SSSR count). The quantitative estimate of drug-likeness (QED) is 0.294. The van der Waals surface area contributed by atoms with Crippen LogP contribution in [0.15, 0.2) is 55.3 Å². The van der Waals surface area contributed by atoms with Crippen molar-refractivity contribution in [3.63, 3.8) is 0 Å². The van der Waals surface area contributed by atoms with Gasteiger partial charge in [-0.1, -0.05) is 29.2 Å². The van der Waals surface area contributed by atoms with E-state index in [1.54, 1.807) is 23.5 Å². The number of aromatic nitrogens is 2. The smallest absolute Gasteiger partial charge is 0.336 e. The molecular weight excluding hydrogens is 440 g/mol. The zero-order chi connectivity index (χ0) is 20.9. The van der Waals surface area contributed by atoms with Crippen LogP contribution in [0.4, 0.5) is 10.8 Å². The van der Waals surface area contributed by atoms with Gasteiger partial charge in [-0.15, -0.1) is 21.5 Å². The summed E-state index contributed by atoms with van der Waals surface area (Å²) in [6.45, 7) is 2.24. The topological polar surface area (TPSA) is 97.1 Å². The van der Waals surface area contributed by atoms with Crippen molar-refractivity contribution in [1.82, 2.24) is 10.2 Å². The first-order chi connectivity index (χ1) is 14.6. The molecule has 0 aliphatic heterocycles. The Morgan fingerprint density at radius 1 is 1.23 bits per heavy atom. The van der Waals surface area contributed by atoms with Crippen molar-refractivity contribution in [2.75, 3.05) is 17.2 Å². The van der Waals surface area contributed by atoms with Crippen molar-refractivity contribution < 1.29 is 9.21 Å². The number of carbonyl (C=O) groups is 1. The van der Waals surface area contributed by atoms with Crippen molar-refractivity contribution in [3.8, 4) is 0 Å². The minimum absolute atomic E-state index is 0.181. The predicted octanol–water partition coefficient (Wildman–Crippen LogP) is 4.61. The second-order valence-electron chi connectivity index (χ2n) is 6.40. The van der Waals surface area contributed by atoms with E-state index in [-0.39, 0.29) is 5.91 Å². The molecular formula is C20H18N4O3S3. The second-order valence-corrected chi connectivity index (χ2v) is 9.63. The number of anilines is 2. The molecule has 0 radical (unpaired) electrons. The lowest BCUT2D eigenvalue weighted by Crippen LogP contribution is -2.06. The molecule has 2 N–H and O–H groups in total. The summed E-state index contributed by atoms with van der Waals surface area (Å²) in [6, 6.07) is 11.0. The molecule has 0 fully saturated rings. The SMILES string of the molecule is CC(=O)Nc1ccc2c(CSc3nnc(NCCc4cccs4)s3)cc(=O)oc2c1. The maximum absolute atomic E-state index is 12.0. The number of amides is 1. The zero-order valence-electron chi connectivity index (χ0n) is 16.0. The van der Waals surface area contributed by atoms with Gasteiger partial charge in [-0.3, -0.25) is 4.79 Å². The summed E-state index contributed by atoms with van der Waals surface area (Å²) in [5.41, 5.74) is 1.46. The molecule has 30 heavy (non-hydrogen) atoms. The van der Waals surface area contributed by atoms with Crippen molar-refractivity contribution in [2.24, 2.45) is 0 Å². The molecule has 1 aromatic carbocycles. The van der Waals surface area contributed by atoms with Crippen LogP contribution in [0.25, 0.3) is 11.0 Å². The first-order valence-electron chi connectivity index (χ1n) is 9.14. The van der Waals surface area contributed by atoms with E-state index >= 15 is 0 Å². The monoisotopic (exact) mass is 458 g/mol. The Morgan fingerprint density at radius 2 is 2.13 bits per heavy atom. The summed E-state index contributed by atoms with van der Waals surface area (Å²) in [5, 5.41) is 18.1. The van der Waals surface area contributed by atoms with Crippen molar-refractivity contribution in [3.05, 3.63) is 62.6 Å². The van der Waals surface area contributed by atoms with Gasteiger partial charge in [0.1, 0.15) is 5.58 Å². The Hall–Kier alpha value is -2.69. The van der Waals surface area contributed by atoms with Crippen LogP contribution in [-0.4, -0.2) is 22.6 Å². The van der Waals surface area contributed by atoms with Crippen LogP contribution in [-0.2, 0) is 17.0 Å². The summed E-state index contributed by atoms with van der Waals surface area (Å²) in [6.07, 6.45) is 0.950. The molecule has 7 nitrogen and oxygen atoms in total. The molecule has 154 valence electrons. The number of hydrogen-bond donors (Lipinski definition) is 2. The van der Waals surface area contributed by atoms with Gasteiger partial charge in [0.25, 0.3) is 0 Å². The lowest BCUT2D eigenvalue weighted by atomic mass is 10.1. The molecule has 0 saturated heterocycles. The van der Waals surface area contributed by atoms with Gasteiger partial charge in [-0.2, -0.15) is 0 Å². The number of carbonyl (C=O) groups excluding carboxylic acids is 1. The molecule has 0 saturated carbocycles. The number of nitrogens with one attached hydrogen (secondary N) is 2. The van der Waals surface area contributed by atoms with Crippen molar-refractivity contribution >= 4 is 62.1 Å². The molecule has 0 unspecified atom stereocenters. The summed E-state index contributed by atoms with van der Waals surface area (Å²) in [5.74, 6) is 0.380. The van der Waals surface area contributed by atoms with Crippen LogP contribution in [0.5, 0.6) is 0 Å². The Bertz CT molecular complexity index is 1220. The van der Waals surface area contributed by atoms with Gasteiger partial charge in [-0.05, 0) is 35.6 Å². The number of hydrogen-bond acceptors (Lipinski definition) is 9. The lowest BCUT2D eigenvalue weighted by molar-refractivity contribution is -0.114. The number of benzene rings is 1. The molecule has 3 aromatic heterocycles. The molecule has 4 aromatic rings. The van der Waals surface area contributed by atoms with Crippen LogP contribution in [0.3, 0.4) is 0 Å². The summed E-state index contributed by atoms with van der Waals surface area (Å²) in [7, 11) is 0. The van der Waals surface area contributed by atoms with Crippen molar-refractivity contribution in [1.29, 1.82) is 0 Å². The van der Waals surface area contributed by atoms with E-state index in [9.17, 15) is 9.59 Å². The van der Waals surface area contributed by atoms with E-state index in [1.165, 1.54) is 41.0 Å². The highest BCUT2D eigenvalue weighted by Gasteiger charge is 2.10. The molecule has 0 bridgehead atoms. The average molecular weight is 459 g/mol. The highest BCUT2D eigenvalue weighted by Crippen LogP contribution is 2.31. The van der Waals surface area contributed by atoms with Gasteiger partial charge in [0.05, 0.1) is 0 Å². The van der Waals surface area contributed by atoms with E-state index in [0.717, 1.165) is 33.4 Å². The van der Waals surface area contributed by atoms with Gasteiger partial charge < -0.3 is 15.1 Å². The fourth-order valence-electron chi connectivity index (χ4n) is 2.86. The molecule has 0 aliphatic carbocycles. The van der Waals surface area contributed by atoms with E-state index < -0.39 is 5.63 Å². The third kappa shape index (κ3) is 5.26. The zero-order valence-corrected chi connectivity index (χ0v) is 18.5. The largest absolute Gasteiger partial charge is 0.423 e. The normalized spacial score (nSPS) is 11.0. The fourth-order valence-corrected chi connectivity index (χ4v) is 5.33. The van der Waals surface area contributed by atoms with E-state index in [1.807, 2.05) is 12.1 Å². The molecule has 10 heteroatoms. The molecule has 0 atom stereocenters. The number of thiophene rings is 1. The van der Waals surface area contributed by atoms with Crippen LogP contribution < -0.4 is 16.3 Å². The Kier molecular flexibility index (Phi) is 6.46. The summed E-state index contributed by atoms with van der Waals surface area (Å²) < 4.78 is 6.13. The van der Waals surface area contributed by atoms with Gasteiger partial charge in [0.15, 0.2) is 4.34 Å². The molecule has 0 spiro atoms. The highest BCUT2D eigenvalue weighted by molar-refractivity contribution is 8.00. The Labute approximate surface area is 184 Å². The fraction of sp³-hybridized carbons (Fsp3) is 0.200. The minimum Gasteiger partial charge on any atom is -0.423 e. The first-order valence-corrected chi connectivity index (χ1v) is 11.8. The van der Waals surface area contributed by atoms with E-state index in [2.05, 4.69) is 32.3 Å². The average Bonchev–Trinajstić information content (AvgIpc) is 3.37.